The number of hydrogen-bond donors (Lipinski definition) is 1. The Morgan fingerprint density at radius 3 is 2.82 bits per heavy atom. The molecule has 6 heteroatoms. The third kappa shape index (κ3) is 3.44. The molecule has 0 aliphatic heterocycles. The molecule has 0 radical (unpaired) electrons. The minimum atomic E-state index is -0.625. The van der Waals surface area contributed by atoms with Gasteiger partial charge in [0.15, 0.2) is 0 Å². The molecule has 0 atom stereocenters. The van der Waals surface area contributed by atoms with Crippen molar-refractivity contribution < 1.29 is 14.5 Å². The smallest absolute Gasteiger partial charge is 0.340 e. The molecule has 0 aromatic heterocycles. The molecule has 0 saturated carbocycles. The summed E-state index contributed by atoms with van der Waals surface area (Å²) in [5.41, 5.74) is 5.61. The highest BCUT2D eigenvalue weighted by atomic mass is 16.6. The first-order valence-corrected chi connectivity index (χ1v) is 5.27. The van der Waals surface area contributed by atoms with Gasteiger partial charge in [0.05, 0.1) is 17.1 Å². The first-order chi connectivity index (χ1) is 8.06. The van der Waals surface area contributed by atoms with Crippen LogP contribution in [0.15, 0.2) is 18.2 Å². The SMILES string of the molecule is CCCCOC(=O)c1cc([N+](=O)[O-])ccc1N. The van der Waals surface area contributed by atoms with E-state index >= 15 is 0 Å². The number of nitrogens with zero attached hydrogens (tertiary/aromatic N) is 1. The van der Waals surface area contributed by atoms with E-state index in [0.717, 1.165) is 18.9 Å². The molecular formula is C11H14N2O4. The summed E-state index contributed by atoms with van der Waals surface area (Å²) >= 11 is 0. The first-order valence-electron chi connectivity index (χ1n) is 5.27. The number of anilines is 1. The fourth-order valence-corrected chi connectivity index (χ4v) is 1.22. The summed E-state index contributed by atoms with van der Waals surface area (Å²) in [7, 11) is 0. The van der Waals surface area contributed by atoms with Crippen molar-refractivity contribution in [3.63, 3.8) is 0 Å². The van der Waals surface area contributed by atoms with Gasteiger partial charge in [-0.05, 0) is 12.5 Å². The van der Waals surface area contributed by atoms with Crippen LogP contribution in [-0.2, 0) is 4.74 Å². The highest BCUT2D eigenvalue weighted by Gasteiger charge is 2.16. The van der Waals surface area contributed by atoms with Gasteiger partial charge in [-0.2, -0.15) is 0 Å². The summed E-state index contributed by atoms with van der Waals surface area (Å²) in [6.45, 7) is 2.26. The lowest BCUT2D eigenvalue weighted by molar-refractivity contribution is -0.384. The summed E-state index contributed by atoms with van der Waals surface area (Å²) < 4.78 is 4.94. The number of ether oxygens (including phenoxy) is 1. The number of carbonyl (C=O) groups is 1. The van der Waals surface area contributed by atoms with E-state index in [1.807, 2.05) is 6.92 Å². The zero-order chi connectivity index (χ0) is 12.8. The van der Waals surface area contributed by atoms with Crippen LogP contribution in [0.5, 0.6) is 0 Å². The minimum absolute atomic E-state index is 0.0373. The quantitative estimate of drug-likeness (QED) is 0.279. The Kier molecular flexibility index (Phi) is 4.45. The summed E-state index contributed by atoms with van der Waals surface area (Å²) in [4.78, 5) is 21.6. The second-order valence-electron chi connectivity index (χ2n) is 3.52. The molecule has 17 heavy (non-hydrogen) atoms. The Morgan fingerprint density at radius 2 is 2.24 bits per heavy atom. The van der Waals surface area contributed by atoms with Crippen molar-refractivity contribution in [3.05, 3.63) is 33.9 Å². The van der Waals surface area contributed by atoms with Crippen molar-refractivity contribution >= 4 is 17.3 Å². The average molecular weight is 238 g/mol. The lowest BCUT2D eigenvalue weighted by atomic mass is 10.1. The van der Waals surface area contributed by atoms with Crippen molar-refractivity contribution in [2.45, 2.75) is 19.8 Å². The minimum Gasteiger partial charge on any atom is -0.462 e. The number of non-ortho nitro benzene ring substituents is 1. The van der Waals surface area contributed by atoms with Crippen LogP contribution in [-0.4, -0.2) is 17.5 Å². The van der Waals surface area contributed by atoms with Crippen LogP contribution in [0.25, 0.3) is 0 Å². The highest BCUT2D eigenvalue weighted by Crippen LogP contribution is 2.20. The van der Waals surface area contributed by atoms with Gasteiger partial charge < -0.3 is 10.5 Å². The molecule has 92 valence electrons. The molecule has 0 aliphatic rings. The van der Waals surface area contributed by atoms with Gasteiger partial charge in [0.25, 0.3) is 5.69 Å². The van der Waals surface area contributed by atoms with E-state index < -0.39 is 10.9 Å². The van der Waals surface area contributed by atoms with Gasteiger partial charge in [-0.15, -0.1) is 0 Å². The zero-order valence-corrected chi connectivity index (χ0v) is 9.51. The third-order valence-corrected chi connectivity index (χ3v) is 2.20. The van der Waals surface area contributed by atoms with Crippen LogP contribution < -0.4 is 5.73 Å². The Morgan fingerprint density at radius 1 is 1.53 bits per heavy atom. The highest BCUT2D eigenvalue weighted by molar-refractivity contribution is 5.95. The molecule has 0 aliphatic carbocycles. The lowest BCUT2D eigenvalue weighted by Crippen LogP contribution is -2.09. The van der Waals surface area contributed by atoms with Gasteiger partial charge in [-0.25, -0.2) is 4.79 Å². The Labute approximate surface area is 98.5 Å². The third-order valence-electron chi connectivity index (χ3n) is 2.20. The van der Waals surface area contributed by atoms with E-state index in [9.17, 15) is 14.9 Å². The number of unbranched alkanes of at least 4 members (excludes halogenated alkanes) is 1. The van der Waals surface area contributed by atoms with Crippen LogP contribution in [0.2, 0.25) is 0 Å². The molecule has 0 unspecified atom stereocenters. The Hall–Kier alpha value is -2.11. The maximum atomic E-state index is 11.6. The predicted octanol–water partition coefficient (Wildman–Crippen LogP) is 2.13. The maximum Gasteiger partial charge on any atom is 0.340 e. The van der Waals surface area contributed by atoms with E-state index in [1.54, 1.807) is 0 Å². The number of esters is 1. The number of nitrogen functional groups attached to an aromatic ring is 1. The first kappa shape index (κ1) is 13.0. The van der Waals surface area contributed by atoms with E-state index in [1.165, 1.54) is 12.1 Å². The van der Waals surface area contributed by atoms with E-state index in [4.69, 9.17) is 10.5 Å². The molecule has 0 amide bonds. The lowest BCUT2D eigenvalue weighted by Gasteiger charge is -2.06. The Bertz CT molecular complexity index is 431. The fourth-order valence-electron chi connectivity index (χ4n) is 1.22. The van der Waals surface area contributed by atoms with Crippen LogP contribution in [0.4, 0.5) is 11.4 Å². The summed E-state index contributed by atoms with van der Waals surface area (Å²) in [5, 5.41) is 10.6. The van der Waals surface area contributed by atoms with Crippen molar-refractivity contribution in [1.82, 2.24) is 0 Å². The Balaban J connectivity index is 2.84. The van der Waals surface area contributed by atoms with Gasteiger partial charge in [0, 0.05) is 17.8 Å². The van der Waals surface area contributed by atoms with Crippen LogP contribution in [0, 0.1) is 10.1 Å². The van der Waals surface area contributed by atoms with E-state index in [2.05, 4.69) is 0 Å². The zero-order valence-electron chi connectivity index (χ0n) is 9.51. The largest absolute Gasteiger partial charge is 0.462 e. The fraction of sp³-hybridized carbons (Fsp3) is 0.364. The topological polar surface area (TPSA) is 95.5 Å². The molecule has 0 saturated heterocycles. The van der Waals surface area contributed by atoms with Crippen molar-refractivity contribution in [3.8, 4) is 0 Å². The molecule has 0 fully saturated rings. The molecule has 0 heterocycles. The molecular weight excluding hydrogens is 224 g/mol. The van der Waals surface area contributed by atoms with Crippen LogP contribution >= 0.6 is 0 Å². The second kappa shape index (κ2) is 5.83. The normalized spacial score (nSPS) is 9.94. The molecule has 1 rings (SSSR count). The van der Waals surface area contributed by atoms with Crippen LogP contribution in [0.3, 0.4) is 0 Å². The molecule has 0 spiro atoms. The van der Waals surface area contributed by atoms with Gasteiger partial charge in [-0.3, -0.25) is 10.1 Å². The molecule has 1 aromatic rings. The monoisotopic (exact) mass is 238 g/mol. The van der Waals surface area contributed by atoms with Gasteiger partial charge in [-0.1, -0.05) is 13.3 Å². The number of hydrogen-bond acceptors (Lipinski definition) is 5. The predicted molar refractivity (Wildman–Crippen MR) is 62.7 cm³/mol. The second-order valence-corrected chi connectivity index (χ2v) is 3.52. The van der Waals surface area contributed by atoms with Crippen molar-refractivity contribution in [2.75, 3.05) is 12.3 Å². The molecule has 1 aromatic carbocycles. The maximum absolute atomic E-state index is 11.6. The number of carbonyl (C=O) groups excluding carboxylic acids is 1. The number of nitro groups is 1. The van der Waals surface area contributed by atoms with Crippen molar-refractivity contribution in [1.29, 1.82) is 0 Å². The van der Waals surface area contributed by atoms with E-state index in [0.29, 0.717) is 0 Å². The van der Waals surface area contributed by atoms with Gasteiger partial charge in [0.1, 0.15) is 0 Å². The van der Waals surface area contributed by atoms with E-state index in [-0.39, 0.29) is 23.5 Å². The van der Waals surface area contributed by atoms with Crippen LogP contribution in [0.1, 0.15) is 30.1 Å². The molecule has 6 nitrogen and oxygen atoms in total. The molecule has 0 bridgehead atoms. The average Bonchev–Trinajstić information content (AvgIpc) is 2.29. The number of nitrogens with two attached hydrogens (primary N) is 1. The number of nitro benzene ring substituents is 1. The van der Waals surface area contributed by atoms with Gasteiger partial charge >= 0.3 is 5.97 Å². The molecule has 2 N–H and O–H groups in total. The standard InChI is InChI=1S/C11H14N2O4/c1-2-3-6-17-11(14)9-7-8(13(15)16)4-5-10(9)12/h4-5,7H,2-3,6,12H2,1H3. The van der Waals surface area contributed by atoms with Crippen molar-refractivity contribution in [2.24, 2.45) is 0 Å². The van der Waals surface area contributed by atoms with Gasteiger partial charge in [0.2, 0.25) is 0 Å². The number of rotatable bonds is 5. The summed E-state index contributed by atoms with van der Waals surface area (Å²) in [6.07, 6.45) is 1.65. The summed E-state index contributed by atoms with van der Waals surface area (Å²) in [5.74, 6) is -0.625. The number of benzene rings is 1. The summed E-state index contributed by atoms with van der Waals surface area (Å²) in [6, 6.07) is 3.70.